The first-order valence-corrected chi connectivity index (χ1v) is 8.79. The molecule has 0 radical (unpaired) electrons. The van der Waals surface area contributed by atoms with Gasteiger partial charge in [0.15, 0.2) is 11.6 Å². The van der Waals surface area contributed by atoms with Crippen molar-refractivity contribution in [3.05, 3.63) is 35.1 Å². The van der Waals surface area contributed by atoms with Crippen molar-refractivity contribution in [2.75, 3.05) is 20.8 Å². The summed E-state index contributed by atoms with van der Waals surface area (Å²) in [7, 11) is 0.441. The van der Waals surface area contributed by atoms with Crippen LogP contribution in [0.3, 0.4) is 0 Å². The van der Waals surface area contributed by atoms with Crippen LogP contribution in [0.1, 0.15) is 25.3 Å². The highest BCUT2D eigenvalue weighted by Gasteiger charge is 2.37. The van der Waals surface area contributed by atoms with E-state index < -0.39 is 26.3 Å². The van der Waals surface area contributed by atoms with Crippen LogP contribution in [0.2, 0.25) is 6.04 Å². The van der Waals surface area contributed by atoms with Gasteiger partial charge in [0.05, 0.1) is 0 Å². The van der Waals surface area contributed by atoms with Gasteiger partial charge in [-0.15, -0.1) is 0 Å². The standard InChI is InChI=1S/C14H21F3O3Si/c1-4-20-21(18-2,19-3)8-6-5-7-11-9-13(16)14(17)10-12(11)15/h9-10H,4-8H2,1-3H3. The molecule has 1 rings (SSSR count). The van der Waals surface area contributed by atoms with Crippen molar-refractivity contribution in [3.8, 4) is 0 Å². The summed E-state index contributed by atoms with van der Waals surface area (Å²) in [4.78, 5) is 0. The Morgan fingerprint density at radius 3 is 2.14 bits per heavy atom. The minimum Gasteiger partial charge on any atom is -0.377 e. The number of hydrogen-bond acceptors (Lipinski definition) is 3. The monoisotopic (exact) mass is 322 g/mol. The fourth-order valence-electron chi connectivity index (χ4n) is 2.11. The van der Waals surface area contributed by atoms with Crippen LogP contribution in [0.5, 0.6) is 0 Å². The van der Waals surface area contributed by atoms with E-state index >= 15 is 0 Å². The van der Waals surface area contributed by atoms with Gasteiger partial charge in [0.1, 0.15) is 5.82 Å². The van der Waals surface area contributed by atoms with Gasteiger partial charge in [-0.25, -0.2) is 13.2 Å². The molecule has 0 aliphatic heterocycles. The Labute approximate surface area is 124 Å². The van der Waals surface area contributed by atoms with E-state index in [9.17, 15) is 13.2 Å². The topological polar surface area (TPSA) is 27.7 Å². The molecule has 21 heavy (non-hydrogen) atoms. The van der Waals surface area contributed by atoms with Gasteiger partial charge in [-0.1, -0.05) is 0 Å². The van der Waals surface area contributed by atoms with E-state index in [2.05, 4.69) is 0 Å². The molecule has 0 amide bonds. The van der Waals surface area contributed by atoms with Crippen molar-refractivity contribution in [2.45, 2.75) is 32.2 Å². The highest BCUT2D eigenvalue weighted by molar-refractivity contribution is 6.60. The molecular weight excluding hydrogens is 301 g/mol. The molecule has 1 aromatic carbocycles. The highest BCUT2D eigenvalue weighted by atomic mass is 28.4. The molecule has 0 atom stereocenters. The Hall–Kier alpha value is -0.893. The Bertz CT molecular complexity index is 453. The molecule has 1 aromatic rings. The maximum absolute atomic E-state index is 13.5. The zero-order valence-corrected chi connectivity index (χ0v) is 13.5. The van der Waals surface area contributed by atoms with Gasteiger partial charge in [-0.3, -0.25) is 0 Å². The van der Waals surface area contributed by atoms with E-state index in [1.165, 1.54) is 0 Å². The maximum atomic E-state index is 13.5. The Morgan fingerprint density at radius 1 is 0.952 bits per heavy atom. The largest absolute Gasteiger partial charge is 0.500 e. The summed E-state index contributed by atoms with van der Waals surface area (Å²) in [6.07, 6.45) is 1.62. The lowest BCUT2D eigenvalue weighted by Gasteiger charge is -2.25. The van der Waals surface area contributed by atoms with Crippen LogP contribution in [-0.4, -0.2) is 29.6 Å². The first-order valence-electron chi connectivity index (χ1n) is 6.85. The molecule has 0 bridgehead atoms. The smallest absolute Gasteiger partial charge is 0.377 e. The summed E-state index contributed by atoms with van der Waals surface area (Å²) in [6, 6.07) is 2.08. The Balaban J connectivity index is 2.52. The third-order valence-electron chi connectivity index (χ3n) is 3.25. The van der Waals surface area contributed by atoms with Gasteiger partial charge in [0.2, 0.25) is 0 Å². The van der Waals surface area contributed by atoms with Crippen molar-refractivity contribution in [1.29, 1.82) is 0 Å². The second kappa shape index (κ2) is 8.53. The molecule has 3 nitrogen and oxygen atoms in total. The molecule has 120 valence electrons. The minimum absolute atomic E-state index is 0.174. The number of unbranched alkanes of at least 4 members (excludes halogenated alkanes) is 1. The van der Waals surface area contributed by atoms with Crippen molar-refractivity contribution >= 4 is 8.80 Å². The van der Waals surface area contributed by atoms with Crippen LogP contribution in [0.15, 0.2) is 12.1 Å². The predicted molar refractivity (Wildman–Crippen MR) is 75.5 cm³/mol. The molecule has 0 saturated heterocycles. The van der Waals surface area contributed by atoms with E-state index in [0.29, 0.717) is 38.0 Å². The summed E-state index contributed by atoms with van der Waals surface area (Å²) >= 11 is 0. The molecule has 0 saturated carbocycles. The molecule has 0 aromatic heterocycles. The summed E-state index contributed by atoms with van der Waals surface area (Å²) in [5.41, 5.74) is 0.174. The van der Waals surface area contributed by atoms with E-state index in [4.69, 9.17) is 13.3 Å². The quantitative estimate of drug-likeness (QED) is 0.394. The van der Waals surface area contributed by atoms with Gasteiger partial charge in [0.25, 0.3) is 0 Å². The maximum Gasteiger partial charge on any atom is 0.500 e. The molecule has 0 fully saturated rings. The second-order valence-electron chi connectivity index (χ2n) is 4.59. The first kappa shape index (κ1) is 18.2. The number of hydrogen-bond donors (Lipinski definition) is 0. The summed E-state index contributed by atoms with van der Waals surface area (Å²) in [5, 5.41) is 0. The fraction of sp³-hybridized carbons (Fsp3) is 0.571. The molecule has 0 N–H and O–H groups in total. The van der Waals surface area contributed by atoms with Crippen molar-refractivity contribution < 1.29 is 26.4 Å². The predicted octanol–water partition coefficient (Wildman–Crippen LogP) is 3.69. The number of aryl methyl sites for hydroxylation is 1. The normalized spacial score (nSPS) is 11.9. The lowest BCUT2D eigenvalue weighted by atomic mass is 10.1. The van der Waals surface area contributed by atoms with Gasteiger partial charge >= 0.3 is 8.80 Å². The number of benzene rings is 1. The number of rotatable bonds is 9. The van der Waals surface area contributed by atoms with E-state index in [0.717, 1.165) is 6.07 Å². The van der Waals surface area contributed by atoms with Crippen LogP contribution in [0, 0.1) is 17.5 Å². The van der Waals surface area contributed by atoms with Gasteiger partial charge in [0, 0.05) is 32.9 Å². The molecule has 0 aliphatic carbocycles. The first-order chi connectivity index (χ1) is 9.98. The fourth-order valence-corrected chi connectivity index (χ4v) is 4.19. The van der Waals surface area contributed by atoms with Crippen LogP contribution in [-0.2, 0) is 19.7 Å². The van der Waals surface area contributed by atoms with E-state index in [-0.39, 0.29) is 5.56 Å². The zero-order valence-electron chi connectivity index (χ0n) is 12.5. The van der Waals surface area contributed by atoms with Crippen molar-refractivity contribution in [3.63, 3.8) is 0 Å². The van der Waals surface area contributed by atoms with Gasteiger partial charge in [-0.2, -0.15) is 0 Å². The Morgan fingerprint density at radius 2 is 1.57 bits per heavy atom. The SMILES string of the molecule is CCO[Si](CCCCc1cc(F)c(F)cc1F)(OC)OC. The molecular formula is C14H21F3O3Si. The minimum atomic E-state index is -2.64. The third-order valence-corrected chi connectivity index (χ3v) is 6.19. The van der Waals surface area contributed by atoms with E-state index in [1.807, 2.05) is 6.92 Å². The molecule has 0 aliphatic rings. The van der Waals surface area contributed by atoms with Crippen molar-refractivity contribution in [1.82, 2.24) is 0 Å². The summed E-state index contributed by atoms with van der Waals surface area (Å²) in [5.74, 6) is -2.92. The van der Waals surface area contributed by atoms with Gasteiger partial charge < -0.3 is 13.3 Å². The molecule has 7 heteroatoms. The van der Waals surface area contributed by atoms with Crippen molar-refractivity contribution in [2.24, 2.45) is 0 Å². The van der Waals surface area contributed by atoms with Crippen LogP contribution < -0.4 is 0 Å². The lowest BCUT2D eigenvalue weighted by Crippen LogP contribution is -2.43. The van der Waals surface area contributed by atoms with Gasteiger partial charge in [-0.05, 0) is 37.8 Å². The lowest BCUT2D eigenvalue weighted by molar-refractivity contribution is 0.103. The summed E-state index contributed by atoms with van der Waals surface area (Å²) < 4.78 is 55.6. The zero-order chi connectivity index (χ0) is 15.9. The summed E-state index contributed by atoms with van der Waals surface area (Å²) in [6.45, 7) is 2.35. The van der Waals surface area contributed by atoms with E-state index in [1.54, 1.807) is 14.2 Å². The number of halogens is 3. The second-order valence-corrected chi connectivity index (χ2v) is 7.56. The molecule has 0 heterocycles. The Kier molecular flexibility index (Phi) is 7.37. The molecule has 0 unspecified atom stereocenters. The molecule has 0 spiro atoms. The third kappa shape index (κ3) is 5.10. The highest BCUT2D eigenvalue weighted by Crippen LogP contribution is 2.20. The average molecular weight is 322 g/mol. The van der Waals surface area contributed by atoms with Crippen LogP contribution >= 0.6 is 0 Å². The van der Waals surface area contributed by atoms with Crippen LogP contribution in [0.4, 0.5) is 13.2 Å². The van der Waals surface area contributed by atoms with Crippen LogP contribution in [0.25, 0.3) is 0 Å². The average Bonchev–Trinajstić information content (AvgIpc) is 2.47.